The van der Waals surface area contributed by atoms with Gasteiger partial charge in [-0.25, -0.2) is 20.0 Å². The van der Waals surface area contributed by atoms with Crippen molar-refractivity contribution in [3.8, 4) is 0 Å². The molecule has 0 saturated carbocycles. The molecule has 3 rings (SSSR count). The van der Waals surface area contributed by atoms with E-state index in [1.54, 1.807) is 36.4 Å². The quantitative estimate of drug-likeness (QED) is 0.742. The molecule has 1 heterocycles. The van der Waals surface area contributed by atoms with Crippen LogP contribution in [0.4, 0.5) is 10.1 Å². The molecule has 2 atom stereocenters. The average Bonchev–Trinajstić information content (AvgIpc) is 3.12. The van der Waals surface area contributed by atoms with Crippen molar-refractivity contribution in [2.45, 2.75) is 18.5 Å². The molecule has 7 heteroatoms. The third-order valence-electron chi connectivity index (χ3n) is 4.08. The van der Waals surface area contributed by atoms with Crippen LogP contribution in [0, 0.1) is 5.82 Å². The van der Waals surface area contributed by atoms with Gasteiger partial charge in [0.25, 0.3) is 0 Å². The van der Waals surface area contributed by atoms with Crippen LogP contribution in [0.15, 0.2) is 48.5 Å². The fourth-order valence-electron chi connectivity index (χ4n) is 2.74. The number of hydrogen-bond donors (Lipinski definition) is 3. The molecule has 6 nitrogen and oxygen atoms in total. The lowest BCUT2D eigenvalue weighted by molar-refractivity contribution is -0.117. The summed E-state index contributed by atoms with van der Waals surface area (Å²) in [6.07, 6.45) is 0.498. The van der Waals surface area contributed by atoms with Gasteiger partial charge in [0.15, 0.2) is 0 Å². The second-order valence-corrected chi connectivity index (χ2v) is 5.71. The van der Waals surface area contributed by atoms with Gasteiger partial charge >= 0.3 is 5.97 Å². The molecule has 1 fully saturated rings. The molecule has 1 aliphatic heterocycles. The first kappa shape index (κ1) is 17.1. The van der Waals surface area contributed by atoms with Crippen molar-refractivity contribution in [1.82, 2.24) is 10.9 Å². The van der Waals surface area contributed by atoms with Crippen molar-refractivity contribution in [2.75, 3.05) is 12.4 Å². The highest BCUT2D eigenvalue weighted by Gasteiger charge is 2.30. The molecule has 2 unspecified atom stereocenters. The fraction of sp³-hybridized carbons (Fsp3) is 0.222. The summed E-state index contributed by atoms with van der Waals surface area (Å²) in [4.78, 5) is 24.3. The van der Waals surface area contributed by atoms with E-state index < -0.39 is 12.0 Å². The average molecular weight is 343 g/mol. The second kappa shape index (κ2) is 7.42. The summed E-state index contributed by atoms with van der Waals surface area (Å²) in [6.45, 7) is 0. The normalized spacial score (nSPS) is 19.4. The fourth-order valence-corrected chi connectivity index (χ4v) is 2.74. The third-order valence-corrected chi connectivity index (χ3v) is 4.08. The molecular formula is C18H18FN3O3. The van der Waals surface area contributed by atoms with Crippen LogP contribution in [0.1, 0.15) is 28.4 Å². The number of amides is 1. The zero-order chi connectivity index (χ0) is 17.8. The van der Waals surface area contributed by atoms with Crippen LogP contribution >= 0.6 is 0 Å². The van der Waals surface area contributed by atoms with Crippen molar-refractivity contribution in [3.63, 3.8) is 0 Å². The van der Waals surface area contributed by atoms with Gasteiger partial charge in [0.1, 0.15) is 11.9 Å². The van der Waals surface area contributed by atoms with Crippen molar-refractivity contribution in [3.05, 3.63) is 65.5 Å². The number of carbonyl (C=O) groups is 2. The van der Waals surface area contributed by atoms with Crippen LogP contribution < -0.4 is 16.2 Å². The number of para-hydroxylation sites is 1. The summed E-state index contributed by atoms with van der Waals surface area (Å²) >= 11 is 0. The van der Waals surface area contributed by atoms with Crippen molar-refractivity contribution >= 4 is 17.6 Å². The van der Waals surface area contributed by atoms with E-state index in [9.17, 15) is 14.0 Å². The Morgan fingerprint density at radius 3 is 2.56 bits per heavy atom. The predicted molar refractivity (Wildman–Crippen MR) is 90.2 cm³/mol. The molecule has 2 aromatic carbocycles. The molecule has 1 aliphatic rings. The number of hydrazine groups is 1. The summed E-state index contributed by atoms with van der Waals surface area (Å²) in [7, 11) is 1.29. The van der Waals surface area contributed by atoms with Gasteiger partial charge in [-0.3, -0.25) is 4.79 Å². The number of hydrogen-bond acceptors (Lipinski definition) is 5. The minimum absolute atomic E-state index is 0.104. The van der Waals surface area contributed by atoms with Gasteiger partial charge in [-0.15, -0.1) is 0 Å². The summed E-state index contributed by atoms with van der Waals surface area (Å²) in [6, 6.07) is 12.2. The number of ether oxygens (including phenoxy) is 1. The van der Waals surface area contributed by atoms with E-state index in [2.05, 4.69) is 16.2 Å². The maximum Gasteiger partial charge on any atom is 0.339 e. The Hall–Kier alpha value is -2.77. The first-order valence-corrected chi connectivity index (χ1v) is 7.83. The number of anilines is 1. The SMILES string of the molecule is COC(=O)c1ccccc1NC(=O)C1CC(c2ccc(F)cc2)NN1. The van der Waals surface area contributed by atoms with E-state index in [4.69, 9.17) is 4.74 Å². The summed E-state index contributed by atoms with van der Waals surface area (Å²) in [5.74, 6) is -1.09. The standard InChI is InChI=1S/C18H18FN3O3/c1-25-18(24)13-4-2-3-5-14(13)20-17(23)16-10-15(21-22-16)11-6-8-12(19)9-7-11/h2-9,15-16,21-22H,10H2,1H3,(H,20,23). The topological polar surface area (TPSA) is 79.5 Å². The molecule has 0 aromatic heterocycles. The zero-order valence-electron chi connectivity index (χ0n) is 13.6. The van der Waals surface area contributed by atoms with Crippen molar-refractivity contribution < 1.29 is 18.7 Å². The zero-order valence-corrected chi connectivity index (χ0v) is 13.6. The number of halogens is 1. The van der Waals surface area contributed by atoms with Crippen molar-refractivity contribution in [1.29, 1.82) is 0 Å². The van der Waals surface area contributed by atoms with E-state index in [-0.39, 0.29) is 17.8 Å². The lowest BCUT2D eigenvalue weighted by Gasteiger charge is -2.13. The number of benzene rings is 2. The first-order valence-electron chi connectivity index (χ1n) is 7.83. The Kier molecular flexibility index (Phi) is 5.06. The lowest BCUT2D eigenvalue weighted by Crippen LogP contribution is -2.39. The highest BCUT2D eigenvalue weighted by molar-refractivity contribution is 6.02. The molecule has 0 spiro atoms. The van der Waals surface area contributed by atoms with Crippen molar-refractivity contribution in [2.24, 2.45) is 0 Å². The van der Waals surface area contributed by atoms with E-state index in [0.717, 1.165) is 5.56 Å². The Bertz CT molecular complexity index is 779. The number of methoxy groups -OCH3 is 1. The highest BCUT2D eigenvalue weighted by Crippen LogP contribution is 2.24. The minimum Gasteiger partial charge on any atom is -0.465 e. The van der Waals surface area contributed by atoms with E-state index in [1.165, 1.54) is 19.2 Å². The van der Waals surface area contributed by atoms with Crippen LogP contribution in [-0.2, 0) is 9.53 Å². The Labute approximate surface area is 144 Å². The van der Waals surface area contributed by atoms with Gasteiger partial charge < -0.3 is 10.1 Å². The third kappa shape index (κ3) is 3.84. The number of nitrogens with one attached hydrogen (secondary N) is 3. The van der Waals surface area contributed by atoms with E-state index in [0.29, 0.717) is 17.7 Å². The van der Waals surface area contributed by atoms with Gasteiger partial charge in [0.2, 0.25) is 5.91 Å². The van der Waals surface area contributed by atoms with Crippen LogP contribution in [0.2, 0.25) is 0 Å². The summed E-state index contributed by atoms with van der Waals surface area (Å²) in [5.41, 5.74) is 7.54. The van der Waals surface area contributed by atoms with Crippen LogP contribution in [-0.4, -0.2) is 25.0 Å². The maximum atomic E-state index is 13.0. The Morgan fingerprint density at radius 2 is 1.84 bits per heavy atom. The monoisotopic (exact) mass is 343 g/mol. The summed E-state index contributed by atoms with van der Waals surface area (Å²) < 4.78 is 17.7. The van der Waals surface area contributed by atoms with Crippen LogP contribution in [0.3, 0.4) is 0 Å². The van der Waals surface area contributed by atoms with Crippen LogP contribution in [0.25, 0.3) is 0 Å². The molecular weight excluding hydrogens is 325 g/mol. The second-order valence-electron chi connectivity index (χ2n) is 5.71. The van der Waals surface area contributed by atoms with Gasteiger partial charge in [0.05, 0.1) is 18.4 Å². The number of carbonyl (C=O) groups excluding carboxylic acids is 2. The van der Waals surface area contributed by atoms with Gasteiger partial charge in [-0.1, -0.05) is 24.3 Å². The van der Waals surface area contributed by atoms with Gasteiger partial charge in [0, 0.05) is 6.04 Å². The molecule has 2 aromatic rings. The van der Waals surface area contributed by atoms with E-state index in [1.807, 2.05) is 0 Å². The highest BCUT2D eigenvalue weighted by atomic mass is 19.1. The van der Waals surface area contributed by atoms with E-state index >= 15 is 0 Å². The molecule has 3 N–H and O–H groups in total. The first-order chi connectivity index (χ1) is 12.1. The smallest absolute Gasteiger partial charge is 0.339 e. The molecule has 1 amide bonds. The predicted octanol–water partition coefficient (Wildman–Crippen LogP) is 2.16. The number of esters is 1. The van der Waals surface area contributed by atoms with Gasteiger partial charge in [-0.05, 0) is 36.2 Å². The maximum absolute atomic E-state index is 13.0. The molecule has 0 aliphatic carbocycles. The molecule has 1 saturated heterocycles. The molecule has 0 radical (unpaired) electrons. The molecule has 25 heavy (non-hydrogen) atoms. The lowest BCUT2D eigenvalue weighted by atomic mass is 10.0. The number of rotatable bonds is 4. The largest absolute Gasteiger partial charge is 0.465 e. The minimum atomic E-state index is -0.516. The Balaban J connectivity index is 1.67. The Morgan fingerprint density at radius 1 is 1.12 bits per heavy atom. The molecule has 130 valence electrons. The molecule has 0 bridgehead atoms. The van der Waals surface area contributed by atoms with Gasteiger partial charge in [-0.2, -0.15) is 0 Å². The van der Waals surface area contributed by atoms with Crippen LogP contribution in [0.5, 0.6) is 0 Å². The summed E-state index contributed by atoms with van der Waals surface area (Å²) in [5, 5.41) is 2.75.